The van der Waals surface area contributed by atoms with E-state index in [1.807, 2.05) is 0 Å². The maximum absolute atomic E-state index is 6.42. The van der Waals surface area contributed by atoms with E-state index in [4.69, 9.17) is 9.47 Å². The monoisotopic (exact) mass is 413 g/mol. The third-order valence-corrected chi connectivity index (χ3v) is 7.64. The summed E-state index contributed by atoms with van der Waals surface area (Å²) in [6, 6.07) is 25.5. The van der Waals surface area contributed by atoms with E-state index in [1.165, 1.54) is 31.3 Å². The molecule has 1 aromatic heterocycles. The minimum absolute atomic E-state index is 0.568. The van der Waals surface area contributed by atoms with E-state index in [-0.39, 0.29) is 0 Å². The first-order valence-electron chi connectivity index (χ1n) is 9.55. The molecule has 0 fully saturated rings. The summed E-state index contributed by atoms with van der Waals surface area (Å²) in [7, 11) is 0. The molecule has 29 heavy (non-hydrogen) atoms. The van der Waals surface area contributed by atoms with Gasteiger partial charge in [0.25, 0.3) is 0 Å². The Hall–Kier alpha value is -2.95. The fraction of sp³-hybridized carbons (Fsp3) is 0.0800. The molecule has 0 atom stereocenters. The van der Waals surface area contributed by atoms with Crippen LogP contribution in [-0.2, 0) is 13.2 Å². The second-order valence-electron chi connectivity index (χ2n) is 7.08. The molecule has 0 N–H and O–H groups in total. The maximum atomic E-state index is 6.42. The number of fused-ring (bicyclic) bond motifs is 8. The summed E-state index contributed by atoms with van der Waals surface area (Å²) in [4.78, 5) is 2.47. The van der Waals surface area contributed by atoms with Gasteiger partial charge in [0, 0.05) is 11.1 Å². The van der Waals surface area contributed by atoms with Gasteiger partial charge in [-0.2, -0.15) is 0 Å². The van der Waals surface area contributed by atoms with Crippen molar-refractivity contribution < 1.29 is 9.47 Å². The van der Waals surface area contributed by atoms with Gasteiger partial charge in [0.2, 0.25) is 4.69 Å². The maximum Gasteiger partial charge on any atom is 0.243 e. The Morgan fingerprint density at radius 3 is 1.90 bits per heavy atom. The summed E-state index contributed by atoms with van der Waals surface area (Å²) >= 11 is 3.48. The molecule has 0 bridgehead atoms. The largest absolute Gasteiger partial charge is 0.485 e. The number of hydrogen-bond donors (Lipinski definition) is 0. The van der Waals surface area contributed by atoms with Gasteiger partial charge in [0.05, 0.1) is 22.7 Å². The number of benzene rings is 4. The molecule has 2 nitrogen and oxygen atoms in total. The van der Waals surface area contributed by atoms with Crippen LogP contribution in [0.15, 0.2) is 77.5 Å². The molecule has 0 saturated carbocycles. The van der Waals surface area contributed by atoms with Crippen molar-refractivity contribution in [3.63, 3.8) is 0 Å². The third-order valence-electron chi connectivity index (χ3n) is 5.44. The van der Waals surface area contributed by atoms with E-state index < -0.39 is 0 Å². The van der Waals surface area contributed by atoms with Gasteiger partial charge in [-0.1, -0.05) is 60.7 Å². The fourth-order valence-corrected chi connectivity index (χ4v) is 6.09. The lowest BCUT2D eigenvalue weighted by Gasteiger charge is -2.20. The first-order valence-corrected chi connectivity index (χ1v) is 11.3. The Morgan fingerprint density at radius 2 is 1.24 bits per heavy atom. The van der Waals surface area contributed by atoms with Crippen molar-refractivity contribution >= 4 is 44.2 Å². The molecule has 0 amide bonds. The average molecular weight is 414 g/mol. The second-order valence-corrected chi connectivity index (χ2v) is 9.30. The van der Waals surface area contributed by atoms with Gasteiger partial charge >= 0.3 is 0 Å². The summed E-state index contributed by atoms with van der Waals surface area (Å²) in [5.41, 5.74) is 2.22. The molecular formula is C25H17O2S2+. The third kappa shape index (κ3) is 2.79. The molecule has 0 unspecified atom stereocenters. The predicted octanol–water partition coefficient (Wildman–Crippen LogP) is 7.54. The van der Waals surface area contributed by atoms with E-state index >= 15 is 0 Å². The molecule has 0 radical (unpaired) electrons. The van der Waals surface area contributed by atoms with Crippen LogP contribution in [0, 0.1) is 0 Å². The van der Waals surface area contributed by atoms with Gasteiger partial charge in [-0.25, -0.2) is 0 Å². The second kappa shape index (κ2) is 6.83. The Balaban J connectivity index is 1.73. The highest BCUT2D eigenvalue weighted by molar-refractivity contribution is 7.28. The first kappa shape index (κ1) is 17.0. The SMILES string of the molecule is c1ccc2c3c(ccc2c1)OCc1sc[s+]c1COc1ccc2ccccc2c1-3. The molecule has 0 spiro atoms. The minimum Gasteiger partial charge on any atom is -0.485 e. The summed E-state index contributed by atoms with van der Waals surface area (Å²) in [5, 5.41) is 4.76. The Bertz CT molecular complexity index is 1270. The van der Waals surface area contributed by atoms with Crippen molar-refractivity contribution in [1.29, 1.82) is 0 Å². The Morgan fingerprint density at radius 1 is 0.655 bits per heavy atom. The predicted molar refractivity (Wildman–Crippen MR) is 122 cm³/mol. The molecule has 1 aliphatic heterocycles. The van der Waals surface area contributed by atoms with Gasteiger partial charge in [-0.3, -0.25) is 0 Å². The van der Waals surface area contributed by atoms with Crippen LogP contribution in [0.3, 0.4) is 0 Å². The zero-order chi connectivity index (χ0) is 19.2. The highest BCUT2D eigenvalue weighted by Gasteiger charge is 2.24. The molecule has 2 heterocycles. The van der Waals surface area contributed by atoms with Crippen molar-refractivity contribution in [2.24, 2.45) is 0 Å². The quantitative estimate of drug-likeness (QED) is 0.244. The van der Waals surface area contributed by atoms with Crippen LogP contribution in [0.5, 0.6) is 11.5 Å². The highest BCUT2D eigenvalue weighted by atomic mass is 32.2. The standard InChI is InChI=1S/C25H17O2S2/c1-3-7-18-16(5-1)9-11-20-24(18)25-19-8-4-2-6-17(19)10-12-21(25)27-14-23-22(13-26-20)28-15-29-23/h1-12,15H,13-14H2/q+1. The van der Waals surface area contributed by atoms with Gasteiger partial charge in [-0.05, 0) is 33.7 Å². The molecule has 6 rings (SSSR count). The number of rotatable bonds is 0. The van der Waals surface area contributed by atoms with Crippen molar-refractivity contribution in [3.8, 4) is 22.6 Å². The lowest BCUT2D eigenvalue weighted by atomic mass is 9.92. The molecule has 4 heteroatoms. The average Bonchev–Trinajstić information content (AvgIpc) is 3.23. The molecule has 140 valence electrons. The van der Waals surface area contributed by atoms with Crippen LogP contribution in [0.2, 0.25) is 0 Å². The molecule has 0 aliphatic carbocycles. The van der Waals surface area contributed by atoms with Crippen LogP contribution >= 0.6 is 22.7 Å². The normalized spacial score (nSPS) is 13.1. The molecule has 1 aliphatic rings. The Kier molecular flexibility index (Phi) is 3.99. The highest BCUT2D eigenvalue weighted by Crippen LogP contribution is 2.46. The van der Waals surface area contributed by atoms with Crippen LogP contribution in [0.4, 0.5) is 0 Å². The van der Waals surface area contributed by atoms with Gasteiger partial charge in [0.1, 0.15) is 24.7 Å². The van der Waals surface area contributed by atoms with Crippen LogP contribution in [-0.4, -0.2) is 0 Å². The van der Waals surface area contributed by atoms with E-state index in [0.717, 1.165) is 22.6 Å². The topological polar surface area (TPSA) is 18.5 Å². The lowest BCUT2D eigenvalue weighted by Crippen LogP contribution is -2.04. The fourth-order valence-electron chi connectivity index (χ4n) is 4.05. The van der Waals surface area contributed by atoms with E-state index in [2.05, 4.69) is 77.5 Å². The van der Waals surface area contributed by atoms with E-state index in [1.54, 1.807) is 22.7 Å². The smallest absolute Gasteiger partial charge is 0.243 e. The zero-order valence-electron chi connectivity index (χ0n) is 15.6. The number of hydrogen-bond acceptors (Lipinski definition) is 3. The summed E-state index contributed by atoms with van der Waals surface area (Å²) < 4.78 is 15.0. The summed E-state index contributed by atoms with van der Waals surface area (Å²) in [6.45, 7) is 1.14. The zero-order valence-corrected chi connectivity index (χ0v) is 17.2. The molecule has 4 aromatic carbocycles. The van der Waals surface area contributed by atoms with Crippen molar-refractivity contribution in [3.05, 3.63) is 87.2 Å². The Labute approximate surface area is 176 Å². The van der Waals surface area contributed by atoms with Crippen molar-refractivity contribution in [2.75, 3.05) is 0 Å². The van der Waals surface area contributed by atoms with Crippen LogP contribution in [0.1, 0.15) is 9.75 Å². The van der Waals surface area contributed by atoms with Gasteiger partial charge in [-0.15, -0.1) is 0 Å². The molecule has 0 saturated heterocycles. The summed E-state index contributed by atoms with van der Waals surface area (Å²) in [5.74, 6) is 1.80. The first-order chi connectivity index (χ1) is 14.4. The van der Waals surface area contributed by atoms with Gasteiger partial charge < -0.3 is 9.47 Å². The van der Waals surface area contributed by atoms with Crippen LogP contribution in [0.25, 0.3) is 32.7 Å². The van der Waals surface area contributed by atoms with Gasteiger partial charge in [0.15, 0.2) is 9.75 Å². The minimum atomic E-state index is 0.568. The van der Waals surface area contributed by atoms with E-state index in [0.29, 0.717) is 13.2 Å². The summed E-state index contributed by atoms with van der Waals surface area (Å²) in [6.07, 6.45) is 0. The van der Waals surface area contributed by atoms with E-state index in [9.17, 15) is 0 Å². The lowest BCUT2D eigenvalue weighted by molar-refractivity contribution is 0.289. The molecule has 5 aromatic rings. The van der Waals surface area contributed by atoms with Crippen molar-refractivity contribution in [2.45, 2.75) is 13.2 Å². The van der Waals surface area contributed by atoms with Crippen LogP contribution < -0.4 is 9.47 Å². The molecular weight excluding hydrogens is 396 g/mol. The number of ether oxygens (including phenoxy) is 2. The van der Waals surface area contributed by atoms with Crippen molar-refractivity contribution in [1.82, 2.24) is 0 Å².